The summed E-state index contributed by atoms with van der Waals surface area (Å²) >= 11 is 0. The zero-order valence-electron chi connectivity index (χ0n) is 13.7. The molecule has 0 spiro atoms. The zero-order chi connectivity index (χ0) is 17.4. The van der Waals surface area contributed by atoms with E-state index in [1.54, 1.807) is 24.7 Å². The first kappa shape index (κ1) is 15.8. The second-order valence-corrected chi connectivity index (χ2v) is 6.57. The maximum atomic E-state index is 14.4. The molecule has 3 heterocycles. The Morgan fingerprint density at radius 2 is 2.20 bits per heavy atom. The fourth-order valence-corrected chi connectivity index (χ4v) is 3.54. The molecule has 0 aliphatic carbocycles. The van der Waals surface area contributed by atoms with Crippen molar-refractivity contribution in [1.82, 2.24) is 9.55 Å². The Hall–Kier alpha value is -2.70. The highest BCUT2D eigenvalue weighted by Crippen LogP contribution is 2.28. The second kappa shape index (κ2) is 6.31. The number of nitrogens with zero attached hydrogens (tertiary/aromatic N) is 3. The molecule has 2 aliphatic rings. The fourth-order valence-electron chi connectivity index (χ4n) is 3.54. The largest absolute Gasteiger partial charge is 0.335 e. The lowest BCUT2D eigenvalue weighted by atomic mass is 9.95. The van der Waals surface area contributed by atoms with Gasteiger partial charge in [0, 0.05) is 49.4 Å². The average Bonchev–Trinajstić information content (AvgIpc) is 3.23. The Morgan fingerprint density at radius 1 is 1.32 bits per heavy atom. The lowest BCUT2D eigenvalue weighted by molar-refractivity contribution is -0.120. The average molecular weight is 342 g/mol. The van der Waals surface area contributed by atoms with Crippen molar-refractivity contribution in [2.75, 3.05) is 16.8 Å². The number of nitrogens with one attached hydrogen (secondary N) is 1. The van der Waals surface area contributed by atoms with Gasteiger partial charge in [-0.05, 0) is 31.0 Å². The van der Waals surface area contributed by atoms with Gasteiger partial charge in [-0.2, -0.15) is 0 Å². The van der Waals surface area contributed by atoms with E-state index in [1.165, 1.54) is 11.0 Å². The van der Waals surface area contributed by atoms with Crippen LogP contribution in [-0.4, -0.2) is 27.9 Å². The summed E-state index contributed by atoms with van der Waals surface area (Å²) < 4.78 is 16.4. The lowest BCUT2D eigenvalue weighted by Gasteiger charge is -2.23. The number of anilines is 2. The van der Waals surface area contributed by atoms with Crippen LogP contribution >= 0.6 is 0 Å². The predicted molar refractivity (Wildman–Crippen MR) is 90.7 cm³/mol. The minimum absolute atomic E-state index is 0.0606. The number of carbonyl (C=O) groups excluding carboxylic acids is 2. The molecular formula is C18H19FN4O2. The predicted octanol–water partition coefficient (Wildman–Crippen LogP) is 2.35. The summed E-state index contributed by atoms with van der Waals surface area (Å²) in [5, 5.41) is 2.79. The van der Waals surface area contributed by atoms with E-state index in [2.05, 4.69) is 10.3 Å². The summed E-state index contributed by atoms with van der Waals surface area (Å²) in [6.45, 7) is 1.30. The van der Waals surface area contributed by atoms with E-state index in [4.69, 9.17) is 0 Å². The van der Waals surface area contributed by atoms with E-state index in [1.807, 2.05) is 4.57 Å². The number of aryl methyl sites for hydroxylation is 1. The van der Waals surface area contributed by atoms with Crippen molar-refractivity contribution < 1.29 is 14.0 Å². The van der Waals surface area contributed by atoms with Crippen LogP contribution in [0.25, 0.3) is 0 Å². The van der Waals surface area contributed by atoms with Crippen LogP contribution in [-0.2, 0) is 22.6 Å². The fraction of sp³-hybridized carbons (Fsp3) is 0.389. The van der Waals surface area contributed by atoms with E-state index >= 15 is 0 Å². The van der Waals surface area contributed by atoms with Gasteiger partial charge >= 0.3 is 0 Å². The van der Waals surface area contributed by atoms with Gasteiger partial charge in [-0.25, -0.2) is 9.37 Å². The molecule has 130 valence electrons. The number of halogens is 1. The first-order chi connectivity index (χ1) is 12.1. The molecule has 1 fully saturated rings. The Morgan fingerprint density at radius 3 is 2.96 bits per heavy atom. The van der Waals surface area contributed by atoms with Crippen molar-refractivity contribution in [3.8, 4) is 0 Å². The van der Waals surface area contributed by atoms with Crippen molar-refractivity contribution in [2.24, 2.45) is 5.92 Å². The van der Waals surface area contributed by atoms with E-state index < -0.39 is 5.82 Å². The molecule has 0 bridgehead atoms. The Balaban J connectivity index is 1.45. The number of aromatic nitrogens is 2. The summed E-state index contributed by atoms with van der Waals surface area (Å²) in [6.07, 6.45) is 6.12. The maximum Gasteiger partial charge on any atom is 0.227 e. The molecule has 1 aromatic carbocycles. The van der Waals surface area contributed by atoms with E-state index in [9.17, 15) is 14.0 Å². The van der Waals surface area contributed by atoms with Gasteiger partial charge < -0.3 is 14.8 Å². The second-order valence-electron chi connectivity index (χ2n) is 6.57. The normalized spacial score (nSPS) is 19.8. The monoisotopic (exact) mass is 342 g/mol. The van der Waals surface area contributed by atoms with Crippen molar-refractivity contribution in [3.05, 3.63) is 42.2 Å². The highest BCUT2D eigenvalue weighted by atomic mass is 19.1. The molecule has 1 N–H and O–H groups in total. The summed E-state index contributed by atoms with van der Waals surface area (Å²) in [5.41, 5.74) is 1.74. The number of fused-ring (bicyclic) bond motifs is 1. The molecule has 4 rings (SSSR count). The topological polar surface area (TPSA) is 67.2 Å². The quantitative estimate of drug-likeness (QED) is 0.931. The Labute approximate surface area is 144 Å². The SMILES string of the molecule is O=C(Nc1ccc(N2CCCC2=O)c(F)c1)C1CCn2cncc2C1. The van der Waals surface area contributed by atoms with Crippen molar-refractivity contribution in [3.63, 3.8) is 0 Å². The minimum Gasteiger partial charge on any atom is -0.335 e. The third-order valence-electron chi connectivity index (χ3n) is 4.92. The van der Waals surface area contributed by atoms with Gasteiger partial charge in [0.15, 0.2) is 0 Å². The van der Waals surface area contributed by atoms with Gasteiger partial charge in [-0.3, -0.25) is 9.59 Å². The third kappa shape index (κ3) is 3.01. The van der Waals surface area contributed by atoms with Crippen LogP contribution < -0.4 is 10.2 Å². The lowest BCUT2D eigenvalue weighted by Crippen LogP contribution is -2.30. The van der Waals surface area contributed by atoms with Crippen molar-refractivity contribution in [2.45, 2.75) is 32.2 Å². The van der Waals surface area contributed by atoms with Crippen LogP contribution in [0, 0.1) is 11.7 Å². The summed E-state index contributed by atoms with van der Waals surface area (Å²) in [4.78, 5) is 29.8. The van der Waals surface area contributed by atoms with Crippen molar-refractivity contribution >= 4 is 23.2 Å². The maximum absolute atomic E-state index is 14.4. The zero-order valence-corrected chi connectivity index (χ0v) is 13.7. The molecule has 1 atom stereocenters. The van der Waals surface area contributed by atoms with E-state index in [0.29, 0.717) is 25.1 Å². The van der Waals surface area contributed by atoms with E-state index in [-0.39, 0.29) is 23.4 Å². The molecule has 2 aliphatic heterocycles. The first-order valence-corrected chi connectivity index (χ1v) is 8.51. The van der Waals surface area contributed by atoms with Crippen LogP contribution in [0.4, 0.5) is 15.8 Å². The molecule has 1 aromatic heterocycles. The number of hydrogen-bond acceptors (Lipinski definition) is 3. The van der Waals surface area contributed by atoms with Crippen LogP contribution in [0.15, 0.2) is 30.7 Å². The number of carbonyl (C=O) groups is 2. The molecule has 7 heteroatoms. The standard InChI is InChI=1S/C18H19FN4O2/c19-15-9-13(3-4-16(15)23-6-1-2-17(23)24)21-18(25)12-5-7-22-11-20-10-14(22)8-12/h3-4,9-12H,1-2,5-8H2,(H,21,25). The number of amides is 2. The van der Waals surface area contributed by atoms with Crippen LogP contribution in [0.5, 0.6) is 0 Å². The van der Waals surface area contributed by atoms with Gasteiger partial charge in [0.2, 0.25) is 11.8 Å². The summed E-state index contributed by atoms with van der Waals surface area (Å²) in [5.74, 6) is -0.812. The van der Waals surface area contributed by atoms with E-state index in [0.717, 1.165) is 25.1 Å². The highest BCUT2D eigenvalue weighted by Gasteiger charge is 2.26. The summed E-state index contributed by atoms with van der Waals surface area (Å²) in [7, 11) is 0. The van der Waals surface area contributed by atoms with Gasteiger partial charge in [-0.1, -0.05) is 0 Å². The molecule has 6 nitrogen and oxygen atoms in total. The molecule has 2 aromatic rings. The third-order valence-corrected chi connectivity index (χ3v) is 4.92. The first-order valence-electron chi connectivity index (χ1n) is 8.51. The number of benzene rings is 1. The van der Waals surface area contributed by atoms with Gasteiger partial charge in [0.1, 0.15) is 5.82 Å². The molecular weight excluding hydrogens is 323 g/mol. The summed E-state index contributed by atoms with van der Waals surface area (Å²) in [6, 6.07) is 4.49. The van der Waals surface area contributed by atoms with Crippen LogP contribution in [0.2, 0.25) is 0 Å². The Bertz CT molecular complexity index is 832. The van der Waals surface area contributed by atoms with Crippen LogP contribution in [0.1, 0.15) is 25.0 Å². The van der Waals surface area contributed by atoms with Gasteiger partial charge in [0.25, 0.3) is 0 Å². The highest BCUT2D eigenvalue weighted by molar-refractivity contribution is 5.96. The number of hydrogen-bond donors (Lipinski definition) is 1. The Kier molecular flexibility index (Phi) is 3.99. The van der Waals surface area contributed by atoms with Crippen LogP contribution in [0.3, 0.4) is 0 Å². The van der Waals surface area contributed by atoms with Crippen molar-refractivity contribution in [1.29, 1.82) is 0 Å². The van der Waals surface area contributed by atoms with Gasteiger partial charge in [0.05, 0.1) is 12.0 Å². The number of rotatable bonds is 3. The smallest absolute Gasteiger partial charge is 0.227 e. The molecule has 2 amide bonds. The molecule has 0 radical (unpaired) electrons. The minimum atomic E-state index is -0.491. The molecule has 25 heavy (non-hydrogen) atoms. The molecule has 1 saturated heterocycles. The molecule has 1 unspecified atom stereocenters. The number of imidazole rings is 1. The molecule has 0 saturated carbocycles. The van der Waals surface area contributed by atoms with Gasteiger partial charge in [-0.15, -0.1) is 0 Å².